The molecule has 2 aromatic rings. The molecule has 0 aliphatic carbocycles. The van der Waals surface area contributed by atoms with E-state index in [1.165, 1.54) is 5.56 Å². The summed E-state index contributed by atoms with van der Waals surface area (Å²) < 4.78 is 1.83. The van der Waals surface area contributed by atoms with Crippen LogP contribution in [0.2, 0.25) is 0 Å². The second-order valence-corrected chi connectivity index (χ2v) is 3.82. The molecule has 0 aliphatic rings. The molecule has 0 saturated heterocycles. The van der Waals surface area contributed by atoms with Gasteiger partial charge in [-0.2, -0.15) is 5.10 Å². The molecule has 0 fully saturated rings. The minimum absolute atomic E-state index is 0.253. The van der Waals surface area contributed by atoms with Crippen LogP contribution in [0.3, 0.4) is 0 Å². The minimum atomic E-state index is 0.253. The van der Waals surface area contributed by atoms with Crippen LogP contribution in [-0.2, 0) is 13.5 Å². The Morgan fingerprint density at radius 1 is 1.31 bits per heavy atom. The predicted octanol–water partition coefficient (Wildman–Crippen LogP) is 1.32. The average Bonchev–Trinajstić information content (AvgIpc) is 2.74. The third-order valence-corrected chi connectivity index (χ3v) is 2.63. The van der Waals surface area contributed by atoms with Gasteiger partial charge in [0.15, 0.2) is 0 Å². The lowest BCUT2D eigenvalue weighted by molar-refractivity contribution is 0.562. The molecule has 1 N–H and O–H groups in total. The van der Waals surface area contributed by atoms with Crippen molar-refractivity contribution in [3.05, 3.63) is 48.0 Å². The van der Waals surface area contributed by atoms with Crippen molar-refractivity contribution in [3.63, 3.8) is 0 Å². The van der Waals surface area contributed by atoms with Gasteiger partial charge in [0.05, 0.1) is 11.7 Å². The highest BCUT2D eigenvalue weighted by atomic mass is 15.3. The normalized spacial score (nSPS) is 12.6. The van der Waals surface area contributed by atoms with E-state index in [4.69, 9.17) is 0 Å². The molecule has 16 heavy (non-hydrogen) atoms. The lowest BCUT2D eigenvalue weighted by Crippen LogP contribution is -2.19. The van der Waals surface area contributed by atoms with E-state index in [-0.39, 0.29) is 6.04 Å². The number of rotatable bonds is 4. The second-order valence-electron chi connectivity index (χ2n) is 3.82. The molecule has 0 saturated carbocycles. The van der Waals surface area contributed by atoms with Crippen molar-refractivity contribution in [3.8, 4) is 0 Å². The number of likely N-dealkylation sites (N-methyl/N-ethyl adjacent to an activating group) is 1. The van der Waals surface area contributed by atoms with E-state index < -0.39 is 0 Å². The van der Waals surface area contributed by atoms with E-state index in [0.29, 0.717) is 0 Å². The number of aromatic nitrogens is 3. The topological polar surface area (TPSA) is 42.7 Å². The number of hydrogen-bond donors (Lipinski definition) is 1. The van der Waals surface area contributed by atoms with Gasteiger partial charge in [0, 0.05) is 25.6 Å². The van der Waals surface area contributed by atoms with Crippen molar-refractivity contribution in [2.75, 3.05) is 7.05 Å². The zero-order chi connectivity index (χ0) is 11.4. The predicted molar refractivity (Wildman–Crippen MR) is 62.9 cm³/mol. The van der Waals surface area contributed by atoms with Crippen molar-refractivity contribution in [1.82, 2.24) is 20.1 Å². The fourth-order valence-electron chi connectivity index (χ4n) is 1.73. The van der Waals surface area contributed by atoms with Gasteiger partial charge in [-0.15, -0.1) is 0 Å². The van der Waals surface area contributed by atoms with Gasteiger partial charge < -0.3 is 5.32 Å². The van der Waals surface area contributed by atoms with Gasteiger partial charge in [0.25, 0.3) is 0 Å². The van der Waals surface area contributed by atoms with Crippen LogP contribution < -0.4 is 5.32 Å². The first-order valence-electron chi connectivity index (χ1n) is 5.35. The molecule has 0 spiro atoms. The highest BCUT2D eigenvalue weighted by Crippen LogP contribution is 2.15. The summed E-state index contributed by atoms with van der Waals surface area (Å²) in [5.41, 5.74) is 2.34. The largest absolute Gasteiger partial charge is 0.311 e. The lowest BCUT2D eigenvalue weighted by Gasteiger charge is -2.13. The molecule has 1 atom stereocenters. The molecule has 0 aliphatic heterocycles. The van der Waals surface area contributed by atoms with Crippen molar-refractivity contribution in [1.29, 1.82) is 0 Å². The third kappa shape index (κ3) is 2.46. The number of hydrogen-bond acceptors (Lipinski definition) is 3. The van der Waals surface area contributed by atoms with Crippen LogP contribution in [0, 0.1) is 0 Å². The van der Waals surface area contributed by atoms with Crippen molar-refractivity contribution in [2.45, 2.75) is 12.5 Å². The first kappa shape index (κ1) is 10.8. The number of nitrogens with one attached hydrogen (secondary N) is 1. The molecular formula is C12H16N4. The van der Waals surface area contributed by atoms with Crippen LogP contribution in [0.4, 0.5) is 0 Å². The highest BCUT2D eigenvalue weighted by molar-refractivity contribution is 5.15. The quantitative estimate of drug-likeness (QED) is 0.838. The number of aryl methyl sites for hydroxylation is 1. The summed E-state index contributed by atoms with van der Waals surface area (Å²) in [6.07, 6.45) is 6.53. The molecule has 4 heteroatoms. The van der Waals surface area contributed by atoms with Gasteiger partial charge in [0.1, 0.15) is 0 Å². The summed E-state index contributed by atoms with van der Waals surface area (Å²) in [5.74, 6) is 0. The van der Waals surface area contributed by atoms with E-state index in [1.54, 1.807) is 0 Å². The Balaban J connectivity index is 2.12. The van der Waals surface area contributed by atoms with Crippen LogP contribution in [0.1, 0.15) is 17.3 Å². The maximum absolute atomic E-state index is 4.42. The molecule has 1 unspecified atom stereocenters. The molecule has 0 radical (unpaired) electrons. The maximum Gasteiger partial charge on any atom is 0.0797 e. The fourth-order valence-corrected chi connectivity index (χ4v) is 1.73. The van der Waals surface area contributed by atoms with Crippen molar-refractivity contribution >= 4 is 0 Å². The first-order chi connectivity index (χ1) is 7.79. The molecule has 0 amide bonds. The van der Waals surface area contributed by atoms with Crippen LogP contribution in [-0.4, -0.2) is 21.8 Å². The van der Waals surface area contributed by atoms with E-state index >= 15 is 0 Å². The zero-order valence-electron chi connectivity index (χ0n) is 9.59. The molecule has 0 aromatic carbocycles. The Morgan fingerprint density at radius 2 is 2.06 bits per heavy atom. The van der Waals surface area contributed by atoms with Crippen molar-refractivity contribution in [2.24, 2.45) is 7.05 Å². The monoisotopic (exact) mass is 216 g/mol. The van der Waals surface area contributed by atoms with Crippen molar-refractivity contribution < 1.29 is 0 Å². The Labute approximate surface area is 95.3 Å². The molecular weight excluding hydrogens is 200 g/mol. The first-order valence-corrected chi connectivity index (χ1v) is 5.35. The van der Waals surface area contributed by atoms with E-state index in [2.05, 4.69) is 15.4 Å². The molecule has 2 aromatic heterocycles. The molecule has 2 rings (SSSR count). The Morgan fingerprint density at radius 3 is 2.62 bits per heavy atom. The highest BCUT2D eigenvalue weighted by Gasteiger charge is 2.12. The van der Waals surface area contributed by atoms with Crippen LogP contribution >= 0.6 is 0 Å². The average molecular weight is 216 g/mol. The third-order valence-electron chi connectivity index (χ3n) is 2.63. The summed E-state index contributed by atoms with van der Waals surface area (Å²) in [7, 11) is 3.89. The maximum atomic E-state index is 4.42. The second kappa shape index (κ2) is 4.90. The summed E-state index contributed by atoms with van der Waals surface area (Å²) in [6.45, 7) is 0. The molecule has 2 heterocycles. The summed E-state index contributed by atoms with van der Waals surface area (Å²) in [5, 5.41) is 7.70. The molecule has 4 nitrogen and oxygen atoms in total. The standard InChI is InChI=1S/C12H16N4/c1-13-12(11-5-8-16(2)15-11)9-10-3-6-14-7-4-10/h3-8,12-13H,9H2,1-2H3. The SMILES string of the molecule is CNC(Cc1ccncc1)c1ccn(C)n1. The van der Waals surface area contributed by atoms with Gasteiger partial charge >= 0.3 is 0 Å². The van der Waals surface area contributed by atoms with Gasteiger partial charge in [0.2, 0.25) is 0 Å². The summed E-state index contributed by atoms with van der Waals surface area (Å²) >= 11 is 0. The molecule has 84 valence electrons. The van der Waals surface area contributed by atoms with Crippen LogP contribution in [0.25, 0.3) is 0 Å². The molecule has 0 bridgehead atoms. The minimum Gasteiger partial charge on any atom is -0.311 e. The van der Waals surface area contributed by atoms with Gasteiger partial charge in [-0.25, -0.2) is 0 Å². The smallest absolute Gasteiger partial charge is 0.0797 e. The van der Waals surface area contributed by atoms with Gasteiger partial charge in [-0.05, 0) is 37.2 Å². The van der Waals surface area contributed by atoms with E-state index in [9.17, 15) is 0 Å². The Kier molecular flexibility index (Phi) is 3.31. The fraction of sp³-hybridized carbons (Fsp3) is 0.333. The Hall–Kier alpha value is -1.68. The van der Waals surface area contributed by atoms with E-state index in [0.717, 1.165) is 12.1 Å². The van der Waals surface area contributed by atoms with Crippen LogP contribution in [0.5, 0.6) is 0 Å². The van der Waals surface area contributed by atoms with Crippen LogP contribution in [0.15, 0.2) is 36.8 Å². The van der Waals surface area contributed by atoms with Gasteiger partial charge in [-0.3, -0.25) is 9.67 Å². The lowest BCUT2D eigenvalue weighted by atomic mass is 10.1. The summed E-state index contributed by atoms with van der Waals surface area (Å²) in [4.78, 5) is 4.02. The summed E-state index contributed by atoms with van der Waals surface area (Å²) in [6, 6.07) is 6.37. The van der Waals surface area contributed by atoms with Gasteiger partial charge in [-0.1, -0.05) is 0 Å². The number of nitrogens with zero attached hydrogens (tertiary/aromatic N) is 3. The Bertz CT molecular complexity index is 435. The van der Waals surface area contributed by atoms with E-state index in [1.807, 2.05) is 55.6 Å². The number of pyridine rings is 1. The zero-order valence-corrected chi connectivity index (χ0v) is 9.59.